The molecule has 136 valence electrons. The Kier molecular flexibility index (Phi) is 7.05. The van der Waals surface area contributed by atoms with Crippen LogP contribution in [-0.4, -0.2) is 25.3 Å². The van der Waals surface area contributed by atoms with Crippen LogP contribution in [0.3, 0.4) is 0 Å². The molecule has 3 nitrogen and oxygen atoms in total. The minimum absolute atomic E-state index is 0.0522. The summed E-state index contributed by atoms with van der Waals surface area (Å²) >= 11 is 5.89. The minimum atomic E-state index is -3.53. The van der Waals surface area contributed by atoms with E-state index in [1.807, 2.05) is 32.0 Å². The normalized spacial score (nSPS) is 14.4. The third kappa shape index (κ3) is 5.06. The standard InChI is InChI=1S/C20H26ClNO2S/c1-4-17(3)22(15-14-16(2)18-8-6-5-7-9-18)25(23,24)20-12-10-19(21)11-13-20/h5-13,16-17H,4,14-15H2,1-3H3. The fourth-order valence-electron chi connectivity index (χ4n) is 2.79. The number of hydrogen-bond acceptors (Lipinski definition) is 2. The maximum absolute atomic E-state index is 13.1. The molecule has 0 spiro atoms. The molecule has 2 aromatic rings. The molecule has 2 aromatic carbocycles. The number of nitrogens with zero attached hydrogens (tertiary/aromatic N) is 1. The minimum Gasteiger partial charge on any atom is -0.207 e. The van der Waals surface area contributed by atoms with Crippen LogP contribution >= 0.6 is 11.6 Å². The van der Waals surface area contributed by atoms with Crippen LogP contribution in [0.5, 0.6) is 0 Å². The summed E-state index contributed by atoms with van der Waals surface area (Å²) in [4.78, 5) is 0.296. The Morgan fingerprint density at radius 1 is 1.00 bits per heavy atom. The molecule has 25 heavy (non-hydrogen) atoms. The summed E-state index contributed by atoms with van der Waals surface area (Å²) in [5.41, 5.74) is 1.23. The van der Waals surface area contributed by atoms with Gasteiger partial charge >= 0.3 is 0 Å². The highest BCUT2D eigenvalue weighted by Gasteiger charge is 2.28. The first-order chi connectivity index (χ1) is 11.9. The molecule has 0 N–H and O–H groups in total. The first-order valence-corrected chi connectivity index (χ1v) is 10.5. The maximum atomic E-state index is 13.1. The SMILES string of the molecule is CCC(C)N(CCC(C)c1ccccc1)S(=O)(=O)c1ccc(Cl)cc1. The van der Waals surface area contributed by atoms with E-state index in [1.165, 1.54) is 5.56 Å². The lowest BCUT2D eigenvalue weighted by Gasteiger charge is -2.29. The van der Waals surface area contributed by atoms with Gasteiger partial charge in [-0.1, -0.05) is 55.8 Å². The zero-order chi connectivity index (χ0) is 18.4. The molecular weight excluding hydrogens is 354 g/mol. The smallest absolute Gasteiger partial charge is 0.207 e. The van der Waals surface area contributed by atoms with E-state index in [4.69, 9.17) is 11.6 Å². The summed E-state index contributed by atoms with van der Waals surface area (Å²) in [6.07, 6.45) is 1.55. The van der Waals surface area contributed by atoms with Crippen LogP contribution in [0.15, 0.2) is 59.5 Å². The van der Waals surface area contributed by atoms with Gasteiger partial charge in [-0.3, -0.25) is 0 Å². The quantitative estimate of drug-likeness (QED) is 0.622. The van der Waals surface area contributed by atoms with Crippen molar-refractivity contribution < 1.29 is 8.42 Å². The highest BCUT2D eigenvalue weighted by molar-refractivity contribution is 7.89. The van der Waals surface area contributed by atoms with Gasteiger partial charge in [0.15, 0.2) is 0 Å². The van der Waals surface area contributed by atoms with Crippen molar-refractivity contribution in [2.45, 2.75) is 50.5 Å². The van der Waals surface area contributed by atoms with Gasteiger partial charge in [-0.15, -0.1) is 0 Å². The van der Waals surface area contributed by atoms with Gasteiger partial charge in [-0.2, -0.15) is 4.31 Å². The zero-order valence-corrected chi connectivity index (χ0v) is 16.6. The van der Waals surface area contributed by atoms with E-state index < -0.39 is 10.0 Å². The van der Waals surface area contributed by atoms with E-state index in [1.54, 1.807) is 28.6 Å². The third-order valence-corrected chi connectivity index (χ3v) is 6.93. The van der Waals surface area contributed by atoms with E-state index in [9.17, 15) is 8.42 Å². The van der Waals surface area contributed by atoms with Crippen molar-refractivity contribution >= 4 is 21.6 Å². The van der Waals surface area contributed by atoms with Crippen molar-refractivity contribution in [1.82, 2.24) is 4.31 Å². The molecule has 0 aromatic heterocycles. The fourth-order valence-corrected chi connectivity index (χ4v) is 4.64. The predicted molar refractivity (Wildman–Crippen MR) is 105 cm³/mol. The Balaban J connectivity index is 2.19. The molecule has 2 rings (SSSR count). The predicted octanol–water partition coefficient (Wildman–Crippen LogP) is 5.32. The molecule has 0 aliphatic rings. The van der Waals surface area contributed by atoms with Gasteiger partial charge in [-0.25, -0.2) is 8.42 Å². The molecule has 5 heteroatoms. The third-order valence-electron chi connectivity index (χ3n) is 4.65. The number of hydrogen-bond donors (Lipinski definition) is 0. The Hall–Kier alpha value is -1.36. The number of benzene rings is 2. The van der Waals surface area contributed by atoms with Crippen molar-refractivity contribution in [2.24, 2.45) is 0 Å². The van der Waals surface area contributed by atoms with Crippen molar-refractivity contribution in [3.05, 3.63) is 65.2 Å². The Labute approximate surface area is 156 Å². The molecule has 0 aliphatic heterocycles. The highest BCUT2D eigenvalue weighted by Crippen LogP contribution is 2.25. The van der Waals surface area contributed by atoms with Gasteiger partial charge in [0.05, 0.1) is 4.90 Å². The van der Waals surface area contributed by atoms with Crippen LogP contribution in [0, 0.1) is 0 Å². The molecule has 0 amide bonds. The van der Waals surface area contributed by atoms with Gasteiger partial charge in [0, 0.05) is 17.6 Å². The lowest BCUT2D eigenvalue weighted by molar-refractivity contribution is 0.318. The van der Waals surface area contributed by atoms with E-state index in [-0.39, 0.29) is 6.04 Å². The van der Waals surface area contributed by atoms with Gasteiger partial charge in [0.25, 0.3) is 0 Å². The summed E-state index contributed by atoms with van der Waals surface area (Å²) in [5, 5.41) is 0.534. The highest BCUT2D eigenvalue weighted by atomic mass is 35.5. The van der Waals surface area contributed by atoms with Crippen LogP contribution < -0.4 is 0 Å². The first kappa shape index (κ1) is 20.0. The molecule has 0 heterocycles. The van der Waals surface area contributed by atoms with Crippen molar-refractivity contribution in [3.63, 3.8) is 0 Å². The maximum Gasteiger partial charge on any atom is 0.243 e. The van der Waals surface area contributed by atoms with Crippen LogP contribution in [0.25, 0.3) is 0 Å². The van der Waals surface area contributed by atoms with Crippen LogP contribution in [0.1, 0.15) is 45.1 Å². The summed E-state index contributed by atoms with van der Waals surface area (Å²) in [7, 11) is -3.53. The van der Waals surface area contributed by atoms with Gasteiger partial charge in [0.1, 0.15) is 0 Å². The first-order valence-electron chi connectivity index (χ1n) is 8.68. The second kappa shape index (κ2) is 8.84. The van der Waals surface area contributed by atoms with Crippen LogP contribution in [0.4, 0.5) is 0 Å². The van der Waals surface area contributed by atoms with Gasteiger partial charge in [0.2, 0.25) is 10.0 Å². The largest absolute Gasteiger partial charge is 0.243 e. The number of sulfonamides is 1. The molecule has 0 radical (unpaired) electrons. The average molecular weight is 380 g/mol. The lowest BCUT2D eigenvalue weighted by Crippen LogP contribution is -2.39. The molecule has 0 bridgehead atoms. The molecule has 0 saturated carbocycles. The molecule has 0 aliphatic carbocycles. The second-order valence-electron chi connectivity index (χ2n) is 6.43. The van der Waals surface area contributed by atoms with E-state index in [0.29, 0.717) is 22.4 Å². The van der Waals surface area contributed by atoms with Crippen LogP contribution in [0.2, 0.25) is 5.02 Å². The topological polar surface area (TPSA) is 37.4 Å². The molecule has 2 atom stereocenters. The van der Waals surface area contributed by atoms with Gasteiger partial charge < -0.3 is 0 Å². The summed E-state index contributed by atoms with van der Waals surface area (Å²) in [5.74, 6) is 0.299. The van der Waals surface area contributed by atoms with Gasteiger partial charge in [-0.05, 0) is 55.5 Å². The molecule has 0 saturated heterocycles. The van der Waals surface area contributed by atoms with Crippen molar-refractivity contribution in [3.8, 4) is 0 Å². The lowest BCUT2D eigenvalue weighted by atomic mass is 9.98. The molecule has 0 fully saturated rings. The van der Waals surface area contributed by atoms with Crippen molar-refractivity contribution in [1.29, 1.82) is 0 Å². The number of halogens is 1. The van der Waals surface area contributed by atoms with E-state index in [0.717, 1.165) is 12.8 Å². The zero-order valence-electron chi connectivity index (χ0n) is 15.0. The fraction of sp³-hybridized carbons (Fsp3) is 0.400. The Bertz CT molecular complexity index is 760. The average Bonchev–Trinajstić information content (AvgIpc) is 2.62. The summed E-state index contributed by atoms with van der Waals surface area (Å²) < 4.78 is 27.8. The summed E-state index contributed by atoms with van der Waals surface area (Å²) in [6.45, 7) is 6.60. The van der Waals surface area contributed by atoms with Crippen molar-refractivity contribution in [2.75, 3.05) is 6.54 Å². The van der Waals surface area contributed by atoms with E-state index >= 15 is 0 Å². The Morgan fingerprint density at radius 3 is 2.16 bits per heavy atom. The van der Waals surface area contributed by atoms with E-state index in [2.05, 4.69) is 19.1 Å². The second-order valence-corrected chi connectivity index (χ2v) is 8.75. The Morgan fingerprint density at radius 2 is 1.60 bits per heavy atom. The number of rotatable bonds is 8. The monoisotopic (exact) mass is 379 g/mol. The van der Waals surface area contributed by atoms with Crippen LogP contribution in [-0.2, 0) is 10.0 Å². The summed E-state index contributed by atoms with van der Waals surface area (Å²) in [6, 6.07) is 16.5. The molecule has 2 unspecified atom stereocenters. The molecular formula is C20H26ClNO2S.